The second kappa shape index (κ2) is 7.23. The summed E-state index contributed by atoms with van der Waals surface area (Å²) < 4.78 is 5.48. The van der Waals surface area contributed by atoms with Crippen molar-refractivity contribution in [2.45, 2.75) is 18.5 Å². The van der Waals surface area contributed by atoms with Crippen LogP contribution < -0.4 is 5.63 Å². The molecule has 3 unspecified atom stereocenters. The summed E-state index contributed by atoms with van der Waals surface area (Å²) in [5.74, 6) is 0. The Morgan fingerprint density at radius 2 is 1.43 bits per heavy atom. The molecule has 0 aliphatic carbocycles. The maximum absolute atomic E-state index is 11.8. The molecular formula is C18H19O2P3. The van der Waals surface area contributed by atoms with Crippen LogP contribution in [0.25, 0.3) is 22.1 Å². The van der Waals surface area contributed by atoms with Crippen LogP contribution in [-0.2, 0) is 18.5 Å². The van der Waals surface area contributed by atoms with Crippen LogP contribution in [-0.4, -0.2) is 0 Å². The summed E-state index contributed by atoms with van der Waals surface area (Å²) in [4.78, 5) is 11.8. The van der Waals surface area contributed by atoms with Gasteiger partial charge in [-0.1, -0.05) is 24.3 Å². The minimum absolute atomic E-state index is 0.292. The molecule has 3 rings (SSSR count). The molecule has 5 heteroatoms. The third-order valence-electron chi connectivity index (χ3n) is 3.97. The van der Waals surface area contributed by atoms with Gasteiger partial charge >= 0.3 is 5.63 Å². The summed E-state index contributed by atoms with van der Waals surface area (Å²) in [6, 6.07) is 14.2. The maximum Gasteiger partial charge on any atom is 0.336 e. The van der Waals surface area contributed by atoms with Crippen molar-refractivity contribution in [3.8, 4) is 11.1 Å². The van der Waals surface area contributed by atoms with Gasteiger partial charge in [0.15, 0.2) is 0 Å². The molecule has 2 aromatic carbocycles. The molecule has 1 heterocycles. The van der Waals surface area contributed by atoms with E-state index in [9.17, 15) is 4.79 Å². The van der Waals surface area contributed by atoms with E-state index in [0.29, 0.717) is 5.58 Å². The Balaban J connectivity index is 2.24. The predicted molar refractivity (Wildman–Crippen MR) is 108 cm³/mol. The Bertz CT molecular complexity index is 899. The van der Waals surface area contributed by atoms with Gasteiger partial charge in [-0.25, -0.2) is 4.79 Å². The summed E-state index contributed by atoms with van der Waals surface area (Å²) in [7, 11) is 8.19. The molecular weight excluding hydrogens is 341 g/mol. The van der Waals surface area contributed by atoms with Gasteiger partial charge in [-0.15, -0.1) is 27.7 Å². The largest absolute Gasteiger partial charge is 0.423 e. The first-order valence-electron chi connectivity index (χ1n) is 7.45. The molecule has 0 aliphatic rings. The van der Waals surface area contributed by atoms with E-state index in [1.54, 1.807) is 6.07 Å². The maximum atomic E-state index is 11.8. The smallest absolute Gasteiger partial charge is 0.336 e. The molecule has 3 atom stereocenters. The van der Waals surface area contributed by atoms with Crippen LogP contribution >= 0.6 is 27.7 Å². The first-order valence-corrected chi connectivity index (χ1v) is 9.90. The minimum Gasteiger partial charge on any atom is -0.423 e. The third kappa shape index (κ3) is 3.41. The quantitative estimate of drug-likeness (QED) is 0.503. The fourth-order valence-corrected chi connectivity index (χ4v) is 3.71. The fourth-order valence-electron chi connectivity index (χ4n) is 2.79. The molecule has 0 spiro atoms. The van der Waals surface area contributed by atoms with Crippen LogP contribution in [0.5, 0.6) is 0 Å². The van der Waals surface area contributed by atoms with Gasteiger partial charge in [0.2, 0.25) is 0 Å². The zero-order chi connectivity index (χ0) is 16.4. The Kier molecular flexibility index (Phi) is 5.27. The molecule has 0 saturated heterocycles. The van der Waals surface area contributed by atoms with E-state index in [1.807, 2.05) is 6.07 Å². The lowest BCUT2D eigenvalue weighted by molar-refractivity contribution is 0.559. The van der Waals surface area contributed by atoms with E-state index in [4.69, 9.17) is 4.42 Å². The molecule has 0 saturated carbocycles. The average Bonchev–Trinajstić information content (AvgIpc) is 2.59. The fraction of sp³-hybridized carbons (Fsp3) is 0.167. The Hall–Kier alpha value is -1.06. The van der Waals surface area contributed by atoms with E-state index in [-0.39, 0.29) is 5.63 Å². The Morgan fingerprint density at radius 3 is 2.04 bits per heavy atom. The van der Waals surface area contributed by atoms with E-state index in [0.717, 1.165) is 40.6 Å². The lowest BCUT2D eigenvalue weighted by Crippen LogP contribution is -2.01. The molecule has 1 aromatic heterocycles. The van der Waals surface area contributed by atoms with Gasteiger partial charge in [-0.3, -0.25) is 0 Å². The average molecular weight is 360 g/mol. The first kappa shape index (κ1) is 16.8. The van der Waals surface area contributed by atoms with Crippen molar-refractivity contribution in [3.05, 3.63) is 69.6 Å². The zero-order valence-corrected chi connectivity index (χ0v) is 16.2. The molecule has 3 aromatic rings. The zero-order valence-electron chi connectivity index (χ0n) is 12.7. The first-order chi connectivity index (χ1) is 11.2. The molecule has 0 fully saturated rings. The monoisotopic (exact) mass is 360 g/mol. The molecule has 2 nitrogen and oxygen atoms in total. The van der Waals surface area contributed by atoms with Crippen LogP contribution in [0.3, 0.4) is 0 Å². The predicted octanol–water partition coefficient (Wildman–Crippen LogP) is 4.59. The van der Waals surface area contributed by atoms with Gasteiger partial charge in [0, 0.05) is 11.5 Å². The van der Waals surface area contributed by atoms with Gasteiger partial charge in [0.1, 0.15) is 5.58 Å². The highest BCUT2D eigenvalue weighted by Gasteiger charge is 2.11. The van der Waals surface area contributed by atoms with Gasteiger partial charge < -0.3 is 4.42 Å². The standard InChI is InChI=1S/C18H19O2P3/c19-17-7-15(10-23)18-14(9-22)5-13(6-16(18)20-17)12-3-1-11(8-21)2-4-12/h1-7H,8-10,21-23H2. The minimum atomic E-state index is -0.292. The van der Waals surface area contributed by atoms with Crippen molar-refractivity contribution >= 4 is 38.7 Å². The summed E-state index contributed by atoms with van der Waals surface area (Å²) >= 11 is 0. The van der Waals surface area contributed by atoms with E-state index >= 15 is 0 Å². The number of fused-ring (bicyclic) bond motifs is 1. The molecule has 0 bridgehead atoms. The highest BCUT2D eigenvalue weighted by atomic mass is 31.0. The highest BCUT2D eigenvalue weighted by Crippen LogP contribution is 2.31. The second-order valence-corrected chi connectivity index (χ2v) is 6.63. The van der Waals surface area contributed by atoms with Crippen molar-refractivity contribution in [2.24, 2.45) is 0 Å². The van der Waals surface area contributed by atoms with Crippen LogP contribution in [0.2, 0.25) is 0 Å². The molecule has 0 N–H and O–H groups in total. The number of hydrogen-bond acceptors (Lipinski definition) is 2. The molecule has 0 amide bonds. The molecule has 118 valence electrons. The van der Waals surface area contributed by atoms with Crippen molar-refractivity contribution in [3.63, 3.8) is 0 Å². The van der Waals surface area contributed by atoms with Gasteiger partial charge in [0.25, 0.3) is 0 Å². The van der Waals surface area contributed by atoms with Gasteiger partial charge in [-0.2, -0.15) is 0 Å². The van der Waals surface area contributed by atoms with Crippen molar-refractivity contribution < 1.29 is 4.42 Å². The van der Waals surface area contributed by atoms with Crippen LogP contribution in [0.15, 0.2) is 51.7 Å². The topological polar surface area (TPSA) is 30.2 Å². The number of benzene rings is 2. The lowest BCUT2D eigenvalue weighted by atomic mass is 9.98. The summed E-state index contributed by atoms with van der Waals surface area (Å²) in [6.07, 6.45) is 2.50. The number of hydrogen-bond donors (Lipinski definition) is 0. The lowest BCUT2D eigenvalue weighted by Gasteiger charge is -2.11. The highest BCUT2D eigenvalue weighted by molar-refractivity contribution is 7.15. The van der Waals surface area contributed by atoms with E-state index in [2.05, 4.69) is 58.1 Å². The van der Waals surface area contributed by atoms with Crippen LogP contribution in [0, 0.1) is 0 Å². The van der Waals surface area contributed by atoms with Crippen molar-refractivity contribution in [1.29, 1.82) is 0 Å². The van der Waals surface area contributed by atoms with Crippen LogP contribution in [0.1, 0.15) is 16.7 Å². The Morgan fingerprint density at radius 1 is 0.783 bits per heavy atom. The summed E-state index contributed by atoms with van der Waals surface area (Å²) in [6.45, 7) is 0. The van der Waals surface area contributed by atoms with Gasteiger partial charge in [0.05, 0.1) is 0 Å². The molecule has 0 radical (unpaired) electrons. The Labute approximate surface area is 142 Å². The van der Waals surface area contributed by atoms with Crippen molar-refractivity contribution in [1.82, 2.24) is 0 Å². The SMILES string of the molecule is O=c1cc(CP)c2c(CP)cc(-c3ccc(CP)cc3)cc2o1. The number of rotatable bonds is 4. The van der Waals surface area contributed by atoms with Crippen LogP contribution in [0.4, 0.5) is 0 Å². The second-order valence-electron chi connectivity index (χ2n) is 5.41. The normalized spacial score (nSPS) is 11.1. The summed E-state index contributed by atoms with van der Waals surface area (Å²) in [5.41, 5.74) is 6.06. The van der Waals surface area contributed by atoms with E-state index in [1.165, 1.54) is 11.1 Å². The third-order valence-corrected chi connectivity index (χ3v) is 5.32. The van der Waals surface area contributed by atoms with E-state index < -0.39 is 0 Å². The summed E-state index contributed by atoms with van der Waals surface area (Å²) in [5, 5.41) is 1.06. The molecule has 0 aliphatic heterocycles. The van der Waals surface area contributed by atoms with Gasteiger partial charge in [-0.05, 0) is 58.4 Å². The van der Waals surface area contributed by atoms with Crippen molar-refractivity contribution in [2.75, 3.05) is 0 Å². The molecule has 23 heavy (non-hydrogen) atoms.